The molecule has 2 aliphatic rings. The van der Waals surface area contributed by atoms with Crippen LogP contribution >= 0.6 is 0 Å². The molecule has 2 heterocycles. The third kappa shape index (κ3) is 4.78. The Bertz CT molecular complexity index is 1430. The zero-order valence-corrected chi connectivity index (χ0v) is 20.2. The Labute approximate surface area is 210 Å². The van der Waals surface area contributed by atoms with Crippen LogP contribution in [-0.2, 0) is 20.6 Å². The van der Waals surface area contributed by atoms with Crippen molar-refractivity contribution in [2.75, 3.05) is 19.7 Å². The van der Waals surface area contributed by atoms with Gasteiger partial charge >= 0.3 is 0 Å². The molecule has 3 aromatic carbocycles. The summed E-state index contributed by atoms with van der Waals surface area (Å²) in [6.45, 7) is -0.239. The average molecular weight is 505 g/mol. The summed E-state index contributed by atoms with van der Waals surface area (Å²) >= 11 is 0. The Hall–Kier alpha value is -3.51. The van der Waals surface area contributed by atoms with E-state index in [1.54, 1.807) is 41.3 Å². The number of hydrogen-bond donors (Lipinski definition) is 1. The molecule has 3 aromatic rings. The highest BCUT2D eigenvalue weighted by Gasteiger charge is 2.55. The number of halogens is 1. The van der Waals surface area contributed by atoms with Gasteiger partial charge in [-0.15, -0.1) is 0 Å². The number of aliphatic hydroxyl groups is 1. The number of amides is 1. The molecule has 0 aromatic heterocycles. The molecule has 0 spiro atoms. The second-order valence-corrected chi connectivity index (χ2v) is 11.0. The van der Waals surface area contributed by atoms with Crippen LogP contribution < -0.4 is 0 Å². The fourth-order valence-electron chi connectivity index (χ4n) is 5.06. The molecular weight excluding hydrogens is 479 g/mol. The number of sulfonamides is 1. The molecule has 184 valence electrons. The first-order valence-electron chi connectivity index (χ1n) is 11.7. The number of benzene rings is 3. The molecule has 5 rings (SSSR count). The molecule has 0 saturated carbocycles. The minimum absolute atomic E-state index is 0.166. The maximum Gasteiger partial charge on any atom is 0.238 e. The smallest absolute Gasteiger partial charge is 0.238 e. The quantitative estimate of drug-likeness (QED) is 0.542. The molecule has 0 aliphatic carbocycles. The van der Waals surface area contributed by atoms with E-state index < -0.39 is 16.1 Å². The monoisotopic (exact) mass is 504 g/mol. The highest BCUT2D eigenvalue weighted by atomic mass is 32.2. The van der Waals surface area contributed by atoms with Gasteiger partial charge < -0.3 is 10.0 Å². The van der Waals surface area contributed by atoms with Crippen molar-refractivity contribution in [1.82, 2.24) is 9.21 Å². The Kier molecular flexibility index (Phi) is 6.63. The Morgan fingerprint density at radius 3 is 2.36 bits per heavy atom. The number of rotatable bonds is 5. The van der Waals surface area contributed by atoms with Gasteiger partial charge in [-0.25, -0.2) is 12.8 Å². The van der Waals surface area contributed by atoms with Crippen LogP contribution in [0.4, 0.5) is 4.39 Å². The third-order valence-electron chi connectivity index (χ3n) is 6.78. The predicted molar refractivity (Wildman–Crippen MR) is 134 cm³/mol. The SMILES string of the molecule is O=C1CN(S(=O)(=O)Cc2ccccc2)C[C@H]2[C@@H](c3ccc(C#Cc4cccc(F)c4)cc3)[C@H](CO)N12. The normalized spacial score (nSPS) is 21.8. The van der Waals surface area contributed by atoms with Crippen molar-refractivity contribution < 1.29 is 22.7 Å². The summed E-state index contributed by atoms with van der Waals surface area (Å²) in [4.78, 5) is 14.5. The van der Waals surface area contributed by atoms with Gasteiger partial charge in [0.1, 0.15) is 5.82 Å². The van der Waals surface area contributed by atoms with E-state index in [9.17, 15) is 22.7 Å². The summed E-state index contributed by atoms with van der Waals surface area (Å²) in [5.74, 6) is 4.95. The molecule has 0 radical (unpaired) electrons. The van der Waals surface area contributed by atoms with E-state index in [0.717, 1.165) is 11.1 Å². The lowest BCUT2D eigenvalue weighted by atomic mass is 9.74. The van der Waals surface area contributed by atoms with Gasteiger partial charge in [-0.3, -0.25) is 4.79 Å². The van der Waals surface area contributed by atoms with Crippen molar-refractivity contribution in [3.05, 3.63) is 107 Å². The van der Waals surface area contributed by atoms with E-state index in [1.807, 2.05) is 30.3 Å². The van der Waals surface area contributed by atoms with Crippen LogP contribution in [0.5, 0.6) is 0 Å². The van der Waals surface area contributed by atoms with Crippen LogP contribution in [0.1, 0.15) is 28.2 Å². The molecule has 0 bridgehead atoms. The summed E-state index contributed by atoms with van der Waals surface area (Å²) in [7, 11) is -3.69. The molecule has 2 saturated heterocycles. The lowest BCUT2D eigenvalue weighted by Crippen LogP contribution is -2.73. The van der Waals surface area contributed by atoms with Gasteiger partial charge in [0.05, 0.1) is 31.0 Å². The van der Waals surface area contributed by atoms with Crippen molar-refractivity contribution in [2.45, 2.75) is 23.8 Å². The summed E-state index contributed by atoms with van der Waals surface area (Å²) in [5.41, 5.74) is 2.89. The largest absolute Gasteiger partial charge is 0.394 e. The van der Waals surface area contributed by atoms with E-state index in [-0.39, 0.29) is 49.1 Å². The maximum atomic E-state index is 13.4. The number of fused-ring (bicyclic) bond motifs is 1. The van der Waals surface area contributed by atoms with Gasteiger partial charge in [0.25, 0.3) is 0 Å². The second kappa shape index (κ2) is 9.86. The molecular formula is C28H25FN2O4S. The number of piperazine rings is 1. The van der Waals surface area contributed by atoms with Crippen LogP contribution in [0, 0.1) is 17.7 Å². The first-order chi connectivity index (χ1) is 17.4. The molecule has 0 unspecified atom stereocenters. The van der Waals surface area contributed by atoms with Crippen molar-refractivity contribution in [2.24, 2.45) is 0 Å². The minimum Gasteiger partial charge on any atom is -0.394 e. The zero-order valence-electron chi connectivity index (χ0n) is 19.4. The zero-order chi connectivity index (χ0) is 25.3. The molecule has 36 heavy (non-hydrogen) atoms. The molecule has 2 aliphatic heterocycles. The van der Waals surface area contributed by atoms with E-state index in [1.165, 1.54) is 16.4 Å². The van der Waals surface area contributed by atoms with E-state index in [2.05, 4.69) is 11.8 Å². The summed E-state index contributed by atoms with van der Waals surface area (Å²) in [6, 6.07) is 21.7. The number of nitrogens with zero attached hydrogens (tertiary/aromatic N) is 2. The Morgan fingerprint density at radius 2 is 1.67 bits per heavy atom. The van der Waals surface area contributed by atoms with Crippen LogP contribution in [0.25, 0.3) is 0 Å². The lowest BCUT2D eigenvalue weighted by molar-refractivity contribution is -0.158. The van der Waals surface area contributed by atoms with Gasteiger partial charge in [-0.05, 0) is 41.5 Å². The van der Waals surface area contributed by atoms with E-state index in [0.29, 0.717) is 11.1 Å². The van der Waals surface area contributed by atoms with Gasteiger partial charge in [0.2, 0.25) is 15.9 Å². The van der Waals surface area contributed by atoms with Gasteiger partial charge in [0, 0.05) is 23.6 Å². The minimum atomic E-state index is -3.69. The van der Waals surface area contributed by atoms with Gasteiger partial charge in [0.15, 0.2) is 0 Å². The summed E-state index contributed by atoms with van der Waals surface area (Å²) < 4.78 is 40.8. The average Bonchev–Trinajstić information content (AvgIpc) is 2.85. The van der Waals surface area contributed by atoms with Crippen molar-refractivity contribution in [3.8, 4) is 11.8 Å². The fraction of sp³-hybridized carbons (Fsp3) is 0.250. The van der Waals surface area contributed by atoms with Crippen LogP contribution in [-0.4, -0.2) is 60.4 Å². The van der Waals surface area contributed by atoms with Crippen molar-refractivity contribution >= 4 is 15.9 Å². The summed E-state index contributed by atoms with van der Waals surface area (Å²) in [6.07, 6.45) is 0. The van der Waals surface area contributed by atoms with Crippen molar-refractivity contribution in [3.63, 3.8) is 0 Å². The highest BCUT2D eigenvalue weighted by molar-refractivity contribution is 7.88. The fourth-order valence-corrected chi connectivity index (χ4v) is 6.54. The molecule has 1 N–H and O–H groups in total. The number of hydrogen-bond acceptors (Lipinski definition) is 4. The topological polar surface area (TPSA) is 77.9 Å². The molecule has 2 fully saturated rings. The number of aliphatic hydroxyl groups excluding tert-OH is 1. The number of carbonyl (C=O) groups excluding carboxylic acids is 1. The van der Waals surface area contributed by atoms with Crippen LogP contribution in [0.15, 0.2) is 78.9 Å². The molecule has 6 nitrogen and oxygen atoms in total. The van der Waals surface area contributed by atoms with Crippen LogP contribution in [0.3, 0.4) is 0 Å². The highest BCUT2D eigenvalue weighted by Crippen LogP contribution is 2.43. The Morgan fingerprint density at radius 1 is 0.944 bits per heavy atom. The first-order valence-corrected chi connectivity index (χ1v) is 13.3. The number of carbonyl (C=O) groups is 1. The van der Waals surface area contributed by atoms with E-state index in [4.69, 9.17) is 0 Å². The second-order valence-electron chi connectivity index (χ2n) is 9.06. The third-order valence-corrected chi connectivity index (χ3v) is 8.54. The summed E-state index contributed by atoms with van der Waals surface area (Å²) in [5, 5.41) is 10.0. The molecule has 3 atom stereocenters. The standard InChI is InChI=1S/C28H25FN2O4S/c29-24-8-4-7-21(15-24)10-9-20-11-13-23(14-12-20)28-25-16-30(17-27(33)31(25)26(28)18-32)36(34,35)19-22-5-2-1-3-6-22/h1-8,11-15,25-26,28,32H,16-19H2/t25-,26-,28+/m0/s1. The van der Waals surface area contributed by atoms with Gasteiger partial charge in [-0.1, -0.05) is 60.4 Å². The molecule has 1 amide bonds. The van der Waals surface area contributed by atoms with Gasteiger partial charge in [-0.2, -0.15) is 4.31 Å². The maximum absolute atomic E-state index is 13.4. The first kappa shape index (κ1) is 24.2. The van der Waals surface area contributed by atoms with Crippen LogP contribution in [0.2, 0.25) is 0 Å². The Balaban J connectivity index is 1.34. The van der Waals surface area contributed by atoms with Crippen molar-refractivity contribution in [1.29, 1.82) is 0 Å². The lowest BCUT2D eigenvalue weighted by Gasteiger charge is -2.58. The van der Waals surface area contributed by atoms with E-state index >= 15 is 0 Å². The predicted octanol–water partition coefficient (Wildman–Crippen LogP) is 2.73. The molecule has 8 heteroatoms.